The molecule has 1 aliphatic heterocycles. The maximum atomic E-state index is 12.3. The molecule has 0 bridgehead atoms. The molecule has 138 valence electrons. The average molecular weight is 362 g/mol. The monoisotopic (exact) mass is 362 g/mol. The number of alkyl halides is 3. The van der Waals surface area contributed by atoms with Crippen molar-refractivity contribution in [1.82, 2.24) is 10.6 Å². The van der Waals surface area contributed by atoms with Gasteiger partial charge in [0.25, 0.3) is 5.91 Å². The molecular formula is C20H21F3N2O. The Morgan fingerprint density at radius 1 is 1.27 bits per heavy atom. The lowest BCUT2D eigenvalue weighted by atomic mass is 10.0. The summed E-state index contributed by atoms with van der Waals surface area (Å²) in [6, 6.07) is 4.51. The minimum absolute atomic E-state index is 0.169. The summed E-state index contributed by atoms with van der Waals surface area (Å²) in [4.78, 5) is 12.3. The fourth-order valence-electron chi connectivity index (χ4n) is 2.59. The number of carbonyl (C=O) groups is 1. The smallest absolute Gasteiger partial charge is 0.388 e. The standard InChI is InChI=1S/C20H21F3N2O/c1-13-12-16(8-10-20(21,22)23)5-7-18(13)19(26)25-14(2)4-6-17-9-11-24-15(17)3/h4-8,10,12,24H,2,9,11H2,1,3H3,(H,25,26)/b6-4-,10-8+. The molecule has 1 aromatic rings. The van der Waals surface area contributed by atoms with E-state index in [9.17, 15) is 18.0 Å². The van der Waals surface area contributed by atoms with Crippen LogP contribution in [0.3, 0.4) is 0 Å². The molecule has 6 heteroatoms. The lowest BCUT2D eigenvalue weighted by Gasteiger charge is -2.09. The maximum Gasteiger partial charge on any atom is 0.409 e. The van der Waals surface area contributed by atoms with E-state index < -0.39 is 6.18 Å². The van der Waals surface area contributed by atoms with E-state index in [0.717, 1.165) is 30.3 Å². The number of halogens is 3. The molecule has 0 aromatic heterocycles. The fraction of sp³-hybridized carbons (Fsp3) is 0.250. The molecule has 26 heavy (non-hydrogen) atoms. The number of amides is 1. The molecule has 2 N–H and O–H groups in total. The van der Waals surface area contributed by atoms with E-state index >= 15 is 0 Å². The van der Waals surface area contributed by atoms with Crippen molar-refractivity contribution >= 4 is 12.0 Å². The summed E-state index contributed by atoms with van der Waals surface area (Å²) in [5, 5.41) is 5.92. The van der Waals surface area contributed by atoms with Gasteiger partial charge in [-0.05, 0) is 49.1 Å². The van der Waals surface area contributed by atoms with Gasteiger partial charge in [-0.3, -0.25) is 4.79 Å². The predicted molar refractivity (Wildman–Crippen MR) is 97.3 cm³/mol. The van der Waals surface area contributed by atoms with Crippen LogP contribution in [0, 0.1) is 6.92 Å². The third kappa shape index (κ3) is 5.65. The Bertz CT molecular complexity index is 802. The Morgan fingerprint density at radius 3 is 2.58 bits per heavy atom. The van der Waals surface area contributed by atoms with Crippen molar-refractivity contribution in [2.45, 2.75) is 26.4 Å². The second kappa shape index (κ2) is 8.08. The molecule has 0 fully saturated rings. The number of rotatable bonds is 5. The number of hydrogen-bond acceptors (Lipinski definition) is 2. The van der Waals surface area contributed by atoms with Crippen LogP contribution in [0.25, 0.3) is 6.08 Å². The topological polar surface area (TPSA) is 41.1 Å². The Hall–Kier alpha value is -2.76. The normalized spacial score (nSPS) is 15.0. The first kappa shape index (κ1) is 19.6. The van der Waals surface area contributed by atoms with Crippen molar-refractivity contribution < 1.29 is 18.0 Å². The molecular weight excluding hydrogens is 341 g/mol. The van der Waals surface area contributed by atoms with Crippen LogP contribution in [-0.4, -0.2) is 18.6 Å². The van der Waals surface area contributed by atoms with Gasteiger partial charge in [-0.25, -0.2) is 0 Å². The van der Waals surface area contributed by atoms with Gasteiger partial charge >= 0.3 is 6.18 Å². The van der Waals surface area contributed by atoms with Gasteiger partial charge in [0.1, 0.15) is 0 Å². The summed E-state index contributed by atoms with van der Waals surface area (Å²) < 4.78 is 36.7. The average Bonchev–Trinajstić information content (AvgIpc) is 2.95. The molecule has 1 aliphatic rings. The van der Waals surface area contributed by atoms with Gasteiger partial charge in [0.2, 0.25) is 0 Å². The molecule has 2 rings (SSSR count). The summed E-state index contributed by atoms with van der Waals surface area (Å²) in [7, 11) is 0. The molecule has 0 unspecified atom stereocenters. The highest BCUT2D eigenvalue weighted by atomic mass is 19.4. The van der Waals surface area contributed by atoms with Crippen molar-refractivity contribution in [3.8, 4) is 0 Å². The van der Waals surface area contributed by atoms with E-state index in [0.29, 0.717) is 22.4 Å². The highest BCUT2D eigenvalue weighted by Crippen LogP contribution is 2.20. The molecule has 0 saturated carbocycles. The number of hydrogen-bond donors (Lipinski definition) is 2. The third-order valence-electron chi connectivity index (χ3n) is 3.99. The minimum atomic E-state index is -4.36. The SMILES string of the molecule is C=C(/C=C\C1=C(C)NCC1)NC(=O)c1ccc(/C=C/C(F)(F)F)cc1C. The van der Waals surface area contributed by atoms with Crippen molar-refractivity contribution in [2.24, 2.45) is 0 Å². The number of benzene rings is 1. The lowest BCUT2D eigenvalue weighted by Crippen LogP contribution is -2.22. The van der Waals surface area contributed by atoms with E-state index in [1.807, 2.05) is 13.0 Å². The second-order valence-electron chi connectivity index (χ2n) is 6.09. The van der Waals surface area contributed by atoms with Crippen LogP contribution >= 0.6 is 0 Å². The second-order valence-corrected chi connectivity index (χ2v) is 6.09. The Labute approximate surface area is 151 Å². The Balaban J connectivity index is 2.03. The van der Waals surface area contributed by atoms with Gasteiger partial charge in [-0.2, -0.15) is 13.2 Å². The van der Waals surface area contributed by atoms with E-state index in [1.54, 1.807) is 13.0 Å². The molecule has 1 amide bonds. The first-order valence-electron chi connectivity index (χ1n) is 8.14. The van der Waals surface area contributed by atoms with Gasteiger partial charge in [-0.1, -0.05) is 30.9 Å². The predicted octanol–water partition coefficient (Wildman–Crippen LogP) is 4.64. The highest BCUT2D eigenvalue weighted by Gasteiger charge is 2.21. The van der Waals surface area contributed by atoms with E-state index in [2.05, 4.69) is 17.2 Å². The quantitative estimate of drug-likeness (QED) is 0.750. The molecule has 0 radical (unpaired) electrons. The zero-order valence-corrected chi connectivity index (χ0v) is 14.7. The molecule has 1 heterocycles. The van der Waals surface area contributed by atoms with Crippen molar-refractivity contribution in [3.63, 3.8) is 0 Å². The van der Waals surface area contributed by atoms with Crippen LogP contribution in [0.5, 0.6) is 0 Å². The van der Waals surface area contributed by atoms with Crippen molar-refractivity contribution in [2.75, 3.05) is 6.54 Å². The summed E-state index contributed by atoms with van der Waals surface area (Å²) in [5.41, 5.74) is 4.08. The lowest BCUT2D eigenvalue weighted by molar-refractivity contribution is -0.0790. The van der Waals surface area contributed by atoms with Crippen molar-refractivity contribution in [3.05, 3.63) is 76.7 Å². The van der Waals surface area contributed by atoms with Crippen LogP contribution in [0.15, 0.2) is 60.0 Å². The van der Waals surface area contributed by atoms with E-state index in [4.69, 9.17) is 0 Å². The van der Waals surface area contributed by atoms with Crippen LogP contribution in [0.2, 0.25) is 0 Å². The summed E-state index contributed by atoms with van der Waals surface area (Å²) in [6.45, 7) is 8.38. The van der Waals surface area contributed by atoms with Gasteiger partial charge in [0.15, 0.2) is 0 Å². The van der Waals surface area contributed by atoms with Crippen molar-refractivity contribution in [1.29, 1.82) is 0 Å². The van der Waals surface area contributed by atoms with Gasteiger partial charge in [-0.15, -0.1) is 0 Å². The van der Waals surface area contributed by atoms with Crippen LogP contribution in [0.4, 0.5) is 13.2 Å². The van der Waals surface area contributed by atoms with Crippen LogP contribution < -0.4 is 10.6 Å². The third-order valence-corrected chi connectivity index (χ3v) is 3.99. The summed E-state index contributed by atoms with van der Waals surface area (Å²) in [5.74, 6) is -0.348. The Kier molecular flexibility index (Phi) is 6.08. The summed E-state index contributed by atoms with van der Waals surface area (Å²) >= 11 is 0. The minimum Gasteiger partial charge on any atom is -0.388 e. The van der Waals surface area contributed by atoms with Crippen LogP contribution in [-0.2, 0) is 0 Å². The van der Waals surface area contributed by atoms with Crippen LogP contribution in [0.1, 0.15) is 34.8 Å². The molecule has 0 atom stereocenters. The zero-order chi connectivity index (χ0) is 19.3. The molecule has 0 aliphatic carbocycles. The number of nitrogens with one attached hydrogen (secondary N) is 2. The fourth-order valence-corrected chi connectivity index (χ4v) is 2.59. The maximum absolute atomic E-state index is 12.3. The molecule has 1 aromatic carbocycles. The largest absolute Gasteiger partial charge is 0.409 e. The van der Waals surface area contributed by atoms with E-state index in [1.165, 1.54) is 18.2 Å². The van der Waals surface area contributed by atoms with Gasteiger partial charge in [0.05, 0.1) is 0 Å². The molecule has 0 spiro atoms. The summed E-state index contributed by atoms with van der Waals surface area (Å²) in [6.07, 6.45) is 1.35. The first-order chi connectivity index (χ1) is 12.2. The highest BCUT2D eigenvalue weighted by molar-refractivity contribution is 5.97. The number of aryl methyl sites for hydroxylation is 1. The molecule has 0 saturated heterocycles. The van der Waals surface area contributed by atoms with Gasteiger partial charge < -0.3 is 10.6 Å². The number of allylic oxidation sites excluding steroid dienone is 4. The number of carbonyl (C=O) groups excluding carboxylic acids is 1. The molecule has 3 nitrogen and oxygen atoms in total. The Morgan fingerprint density at radius 2 is 2.00 bits per heavy atom. The van der Waals surface area contributed by atoms with E-state index in [-0.39, 0.29) is 12.0 Å². The first-order valence-corrected chi connectivity index (χ1v) is 8.14. The zero-order valence-electron chi connectivity index (χ0n) is 14.7. The van der Waals surface area contributed by atoms with Gasteiger partial charge in [0, 0.05) is 29.6 Å².